The van der Waals surface area contributed by atoms with E-state index in [2.05, 4.69) is 46.4 Å². The van der Waals surface area contributed by atoms with Crippen LogP contribution in [-0.2, 0) is 11.2 Å². The molecule has 0 atom stereocenters. The minimum Gasteiger partial charge on any atom is -0.490 e. The number of ether oxygens (including phenoxy) is 1. The Kier molecular flexibility index (Phi) is 6.57. The van der Waals surface area contributed by atoms with Crippen molar-refractivity contribution in [3.05, 3.63) is 34.8 Å². The average molecular weight is 375 g/mol. The number of benzene rings is 1. The Bertz CT molecular complexity index is 726. The van der Waals surface area contributed by atoms with Crippen LogP contribution >= 0.6 is 11.3 Å². The van der Waals surface area contributed by atoms with Crippen molar-refractivity contribution in [2.45, 2.75) is 45.6 Å². The number of rotatable bonds is 7. The highest BCUT2D eigenvalue weighted by Crippen LogP contribution is 2.20. The highest BCUT2D eigenvalue weighted by Gasteiger charge is 2.22. The van der Waals surface area contributed by atoms with E-state index in [-0.39, 0.29) is 12.0 Å². The second-order valence-electron chi connectivity index (χ2n) is 6.71. The van der Waals surface area contributed by atoms with E-state index in [4.69, 9.17) is 4.74 Å². The van der Waals surface area contributed by atoms with Crippen molar-refractivity contribution in [3.63, 3.8) is 0 Å². The van der Waals surface area contributed by atoms with Gasteiger partial charge in [-0.25, -0.2) is 0 Å². The molecule has 0 spiro atoms. The average Bonchev–Trinajstić information content (AvgIpc) is 3.04. The summed E-state index contributed by atoms with van der Waals surface area (Å²) in [6.07, 6.45) is 4.02. The molecule has 6 nitrogen and oxygen atoms in total. The zero-order valence-corrected chi connectivity index (χ0v) is 16.2. The molecule has 1 fully saturated rings. The molecule has 7 heteroatoms. The Hall–Kier alpha value is -1.99. The van der Waals surface area contributed by atoms with Crippen molar-refractivity contribution in [2.75, 3.05) is 25.0 Å². The molecular formula is C19H26N4O2S. The predicted octanol–water partition coefficient (Wildman–Crippen LogP) is 3.28. The van der Waals surface area contributed by atoms with Crippen LogP contribution in [0.25, 0.3) is 0 Å². The summed E-state index contributed by atoms with van der Waals surface area (Å²) in [5.41, 5.74) is 1.20. The van der Waals surface area contributed by atoms with Crippen molar-refractivity contribution >= 4 is 22.4 Å². The number of carbonyl (C=O) groups is 1. The number of likely N-dealkylation sites (tertiary alicyclic amines) is 1. The van der Waals surface area contributed by atoms with Gasteiger partial charge in [0.05, 0.1) is 6.54 Å². The fraction of sp³-hybridized carbons (Fsp3) is 0.526. The fourth-order valence-electron chi connectivity index (χ4n) is 3.05. The molecule has 1 amide bonds. The molecule has 1 aromatic heterocycles. The molecule has 1 aliphatic heterocycles. The van der Waals surface area contributed by atoms with Crippen molar-refractivity contribution < 1.29 is 9.53 Å². The number of amides is 1. The van der Waals surface area contributed by atoms with Gasteiger partial charge in [0.2, 0.25) is 11.0 Å². The third-order valence-electron chi connectivity index (χ3n) is 4.37. The molecule has 0 unspecified atom stereocenters. The van der Waals surface area contributed by atoms with E-state index >= 15 is 0 Å². The normalized spacial score (nSPS) is 15.8. The lowest BCUT2D eigenvalue weighted by atomic mass is 10.1. The van der Waals surface area contributed by atoms with Crippen LogP contribution in [0.5, 0.6) is 5.75 Å². The summed E-state index contributed by atoms with van der Waals surface area (Å²) in [6, 6.07) is 8.15. The highest BCUT2D eigenvalue weighted by molar-refractivity contribution is 7.15. The van der Waals surface area contributed by atoms with E-state index in [1.807, 2.05) is 12.1 Å². The second kappa shape index (κ2) is 9.09. The zero-order chi connectivity index (χ0) is 18.4. The Balaban J connectivity index is 1.41. The van der Waals surface area contributed by atoms with Crippen LogP contribution in [-0.4, -0.2) is 46.7 Å². The van der Waals surface area contributed by atoms with Crippen LogP contribution < -0.4 is 10.1 Å². The Labute approximate surface area is 158 Å². The lowest BCUT2D eigenvalue weighted by molar-refractivity contribution is -0.117. The molecule has 0 aliphatic carbocycles. The maximum Gasteiger partial charge on any atom is 0.240 e. The Morgan fingerprint density at radius 3 is 2.88 bits per heavy atom. The molecule has 2 aromatic rings. The van der Waals surface area contributed by atoms with E-state index in [1.165, 1.54) is 16.9 Å². The smallest absolute Gasteiger partial charge is 0.240 e. The molecule has 0 bridgehead atoms. The summed E-state index contributed by atoms with van der Waals surface area (Å²) >= 11 is 1.46. The standard InChI is InChI=1S/C19H26N4O2S/c1-3-5-18-21-22-19(26-18)20-17(24)13-23-10-8-15(9-11-23)25-16-7-4-6-14(2)12-16/h4,6-7,12,15H,3,5,8-11,13H2,1-2H3,(H,20,22,24). The summed E-state index contributed by atoms with van der Waals surface area (Å²) in [5.74, 6) is 0.905. The molecular weight excluding hydrogens is 348 g/mol. The number of hydrogen-bond acceptors (Lipinski definition) is 6. The number of hydrogen-bond donors (Lipinski definition) is 1. The molecule has 0 saturated carbocycles. The summed E-state index contributed by atoms with van der Waals surface area (Å²) in [7, 11) is 0. The first kappa shape index (κ1) is 18.8. The van der Waals surface area contributed by atoms with Crippen LogP contribution in [0.2, 0.25) is 0 Å². The molecule has 140 valence electrons. The van der Waals surface area contributed by atoms with Crippen LogP contribution in [0.4, 0.5) is 5.13 Å². The monoisotopic (exact) mass is 374 g/mol. The summed E-state index contributed by atoms with van der Waals surface area (Å²) < 4.78 is 6.07. The maximum atomic E-state index is 12.2. The quantitative estimate of drug-likeness (QED) is 0.805. The van der Waals surface area contributed by atoms with Gasteiger partial charge in [-0.1, -0.05) is 30.4 Å². The lowest BCUT2D eigenvalue weighted by Crippen LogP contribution is -2.42. The third kappa shape index (κ3) is 5.51. The summed E-state index contributed by atoms with van der Waals surface area (Å²) in [5, 5.41) is 12.5. The number of nitrogens with zero attached hydrogens (tertiary/aromatic N) is 3. The predicted molar refractivity (Wildman–Crippen MR) is 104 cm³/mol. The lowest BCUT2D eigenvalue weighted by Gasteiger charge is -2.31. The zero-order valence-electron chi connectivity index (χ0n) is 15.4. The molecule has 3 rings (SSSR count). The van der Waals surface area contributed by atoms with Crippen LogP contribution in [0.15, 0.2) is 24.3 Å². The van der Waals surface area contributed by atoms with Gasteiger partial charge in [-0.3, -0.25) is 15.0 Å². The van der Waals surface area contributed by atoms with Crippen molar-refractivity contribution in [1.82, 2.24) is 15.1 Å². The number of carbonyl (C=O) groups excluding carboxylic acids is 1. The first-order chi connectivity index (χ1) is 12.6. The topological polar surface area (TPSA) is 67.4 Å². The van der Waals surface area contributed by atoms with Crippen molar-refractivity contribution in [2.24, 2.45) is 0 Å². The molecule has 26 heavy (non-hydrogen) atoms. The first-order valence-corrected chi connectivity index (χ1v) is 10.0. The largest absolute Gasteiger partial charge is 0.490 e. The van der Waals surface area contributed by atoms with Gasteiger partial charge >= 0.3 is 0 Å². The SMILES string of the molecule is CCCc1nnc(NC(=O)CN2CCC(Oc3cccc(C)c3)CC2)s1. The minimum absolute atomic E-state index is 0.0257. The van der Waals surface area contributed by atoms with Crippen molar-refractivity contribution in [1.29, 1.82) is 0 Å². The van der Waals surface area contributed by atoms with Gasteiger partial charge < -0.3 is 4.74 Å². The Morgan fingerprint density at radius 1 is 1.35 bits per heavy atom. The van der Waals surface area contributed by atoms with Gasteiger partial charge in [0.25, 0.3) is 0 Å². The van der Waals surface area contributed by atoms with Crippen LogP contribution in [0.1, 0.15) is 36.8 Å². The molecule has 1 aliphatic rings. The first-order valence-electron chi connectivity index (χ1n) is 9.20. The second-order valence-corrected chi connectivity index (χ2v) is 7.77. The third-order valence-corrected chi connectivity index (χ3v) is 5.27. The van der Waals surface area contributed by atoms with Crippen LogP contribution in [0.3, 0.4) is 0 Å². The number of aromatic nitrogens is 2. The van der Waals surface area contributed by atoms with Crippen molar-refractivity contribution in [3.8, 4) is 5.75 Å². The number of aryl methyl sites for hydroxylation is 2. The van der Waals surface area contributed by atoms with E-state index in [0.29, 0.717) is 11.7 Å². The van der Waals surface area contributed by atoms with Gasteiger partial charge in [0, 0.05) is 19.5 Å². The molecule has 1 N–H and O–H groups in total. The van der Waals surface area contributed by atoms with E-state index in [1.54, 1.807) is 0 Å². The van der Waals surface area contributed by atoms with E-state index < -0.39 is 0 Å². The summed E-state index contributed by atoms with van der Waals surface area (Å²) in [4.78, 5) is 14.4. The number of anilines is 1. The molecule has 1 saturated heterocycles. The Morgan fingerprint density at radius 2 is 2.15 bits per heavy atom. The number of piperidine rings is 1. The maximum absolute atomic E-state index is 12.2. The number of nitrogens with one attached hydrogen (secondary N) is 1. The molecule has 0 radical (unpaired) electrons. The van der Waals surface area contributed by atoms with Gasteiger partial charge in [0.15, 0.2) is 0 Å². The van der Waals surface area contributed by atoms with Gasteiger partial charge in [-0.2, -0.15) is 0 Å². The van der Waals surface area contributed by atoms with E-state index in [9.17, 15) is 4.79 Å². The van der Waals surface area contributed by atoms with Gasteiger partial charge in [-0.05, 0) is 43.9 Å². The molecule has 2 heterocycles. The van der Waals surface area contributed by atoms with E-state index in [0.717, 1.165) is 49.5 Å². The fourth-order valence-corrected chi connectivity index (χ4v) is 3.90. The highest BCUT2D eigenvalue weighted by atomic mass is 32.1. The minimum atomic E-state index is -0.0257. The summed E-state index contributed by atoms with van der Waals surface area (Å²) in [6.45, 7) is 6.28. The molecule has 1 aromatic carbocycles. The van der Waals surface area contributed by atoms with Gasteiger partial charge in [-0.15, -0.1) is 10.2 Å². The van der Waals surface area contributed by atoms with Gasteiger partial charge in [0.1, 0.15) is 16.9 Å². The van der Waals surface area contributed by atoms with Crippen LogP contribution in [0, 0.1) is 6.92 Å².